The van der Waals surface area contributed by atoms with Gasteiger partial charge in [0.05, 0.1) is 29.4 Å². The molecule has 0 aliphatic carbocycles. The van der Waals surface area contributed by atoms with E-state index in [1.165, 1.54) is 19.2 Å². The van der Waals surface area contributed by atoms with E-state index in [-0.39, 0.29) is 21.8 Å². The number of hydrogen-bond donors (Lipinski definition) is 1. The zero-order valence-corrected chi connectivity index (χ0v) is 21.2. The summed E-state index contributed by atoms with van der Waals surface area (Å²) in [6.45, 7) is 5.57. The van der Waals surface area contributed by atoms with Crippen LogP contribution in [0.4, 0.5) is 20.2 Å². The summed E-state index contributed by atoms with van der Waals surface area (Å²) in [5.41, 5.74) is 0.855. The van der Waals surface area contributed by atoms with Crippen LogP contribution in [0.25, 0.3) is 5.76 Å². The van der Waals surface area contributed by atoms with Gasteiger partial charge in [-0.3, -0.25) is 14.5 Å². The molecule has 4 rings (SSSR count). The fourth-order valence-corrected chi connectivity index (χ4v) is 4.69. The van der Waals surface area contributed by atoms with E-state index < -0.39 is 35.1 Å². The maximum Gasteiger partial charge on any atom is 0.300 e. The smallest absolute Gasteiger partial charge is 0.300 e. The van der Waals surface area contributed by atoms with E-state index in [0.717, 1.165) is 35.8 Å². The van der Waals surface area contributed by atoms with E-state index in [4.69, 9.17) is 16.3 Å². The van der Waals surface area contributed by atoms with Crippen LogP contribution in [0.5, 0.6) is 5.75 Å². The predicted molar refractivity (Wildman–Crippen MR) is 139 cm³/mol. The first kappa shape index (κ1) is 26.2. The van der Waals surface area contributed by atoms with Gasteiger partial charge in [-0.15, -0.1) is 0 Å². The van der Waals surface area contributed by atoms with Crippen molar-refractivity contribution in [2.45, 2.75) is 19.9 Å². The Morgan fingerprint density at radius 3 is 2.30 bits per heavy atom. The van der Waals surface area contributed by atoms with Crippen LogP contribution in [0.3, 0.4) is 0 Å². The number of aliphatic hydroxyl groups is 1. The van der Waals surface area contributed by atoms with Crippen LogP contribution >= 0.6 is 11.6 Å². The third kappa shape index (κ3) is 4.76. The number of carbonyl (C=O) groups is 2. The molecule has 1 atom stereocenters. The minimum Gasteiger partial charge on any atom is -0.507 e. The maximum atomic E-state index is 14.9. The zero-order valence-electron chi connectivity index (χ0n) is 20.5. The minimum absolute atomic E-state index is 0.0726. The molecule has 192 valence electrons. The van der Waals surface area contributed by atoms with Gasteiger partial charge in [-0.1, -0.05) is 23.7 Å². The van der Waals surface area contributed by atoms with Gasteiger partial charge in [-0.2, -0.15) is 0 Å². The fourth-order valence-electron chi connectivity index (χ4n) is 4.49. The lowest BCUT2D eigenvalue weighted by atomic mass is 9.94. The second kappa shape index (κ2) is 10.6. The molecule has 1 heterocycles. The highest BCUT2D eigenvalue weighted by atomic mass is 35.5. The SMILES string of the molecule is CCN(CC)c1ccc(C2/C(=C(\O)c3cc(OC)ccc3Cl)C(=O)C(=O)N2c2ccc(F)cc2F)cc1. The first-order valence-corrected chi connectivity index (χ1v) is 12.0. The third-order valence-electron chi connectivity index (χ3n) is 6.38. The summed E-state index contributed by atoms with van der Waals surface area (Å²) in [6.07, 6.45) is 0. The normalized spacial score (nSPS) is 16.8. The van der Waals surface area contributed by atoms with E-state index in [1.807, 2.05) is 26.0 Å². The molecule has 3 aromatic carbocycles. The molecule has 0 spiro atoms. The number of methoxy groups -OCH3 is 1. The van der Waals surface area contributed by atoms with Crippen LogP contribution in [-0.4, -0.2) is 37.0 Å². The van der Waals surface area contributed by atoms with Gasteiger partial charge in [0.25, 0.3) is 11.7 Å². The molecule has 6 nitrogen and oxygen atoms in total. The molecule has 0 radical (unpaired) electrons. The molecular weight excluding hydrogens is 502 g/mol. The van der Waals surface area contributed by atoms with Crippen molar-refractivity contribution < 1.29 is 28.2 Å². The Kier molecular flexibility index (Phi) is 7.50. The van der Waals surface area contributed by atoms with Gasteiger partial charge in [0, 0.05) is 30.4 Å². The number of ketones is 1. The van der Waals surface area contributed by atoms with E-state index in [0.29, 0.717) is 17.4 Å². The Balaban J connectivity index is 1.95. The second-order valence-corrected chi connectivity index (χ2v) is 8.78. The fraction of sp³-hybridized carbons (Fsp3) is 0.214. The average Bonchev–Trinajstić information content (AvgIpc) is 3.15. The summed E-state index contributed by atoms with van der Waals surface area (Å²) in [7, 11) is 1.43. The quantitative estimate of drug-likeness (QED) is 0.229. The third-order valence-corrected chi connectivity index (χ3v) is 6.71. The Morgan fingerprint density at radius 1 is 1.03 bits per heavy atom. The van der Waals surface area contributed by atoms with Crippen LogP contribution in [-0.2, 0) is 9.59 Å². The van der Waals surface area contributed by atoms with Crippen LogP contribution in [0.15, 0.2) is 66.2 Å². The maximum absolute atomic E-state index is 14.9. The lowest BCUT2D eigenvalue weighted by Crippen LogP contribution is -2.30. The summed E-state index contributed by atoms with van der Waals surface area (Å²) < 4.78 is 33.8. The van der Waals surface area contributed by atoms with Crippen LogP contribution in [0.1, 0.15) is 31.0 Å². The number of ether oxygens (including phenoxy) is 1. The lowest BCUT2D eigenvalue weighted by Gasteiger charge is -2.27. The van der Waals surface area contributed by atoms with Gasteiger partial charge in [0.15, 0.2) is 0 Å². The highest BCUT2D eigenvalue weighted by Gasteiger charge is 2.48. The van der Waals surface area contributed by atoms with Crippen molar-refractivity contribution in [1.29, 1.82) is 0 Å². The van der Waals surface area contributed by atoms with Gasteiger partial charge in [-0.25, -0.2) is 8.78 Å². The molecule has 3 aromatic rings. The molecule has 1 aliphatic rings. The number of halogens is 3. The second-order valence-electron chi connectivity index (χ2n) is 8.37. The van der Waals surface area contributed by atoms with Crippen molar-refractivity contribution in [3.8, 4) is 5.75 Å². The van der Waals surface area contributed by atoms with Crippen molar-refractivity contribution in [1.82, 2.24) is 0 Å². The number of benzene rings is 3. The van der Waals surface area contributed by atoms with Gasteiger partial charge < -0.3 is 14.7 Å². The molecule has 1 fully saturated rings. The minimum atomic E-state index is -1.20. The monoisotopic (exact) mass is 526 g/mol. The van der Waals surface area contributed by atoms with E-state index in [9.17, 15) is 23.5 Å². The number of carbonyl (C=O) groups excluding carboxylic acids is 2. The summed E-state index contributed by atoms with van der Waals surface area (Å²) in [4.78, 5) is 29.6. The number of rotatable bonds is 7. The lowest BCUT2D eigenvalue weighted by molar-refractivity contribution is -0.132. The van der Waals surface area contributed by atoms with Gasteiger partial charge >= 0.3 is 0 Å². The van der Waals surface area contributed by atoms with Crippen molar-refractivity contribution in [3.63, 3.8) is 0 Å². The Bertz CT molecular complexity index is 1390. The van der Waals surface area contributed by atoms with Crippen LogP contribution in [0.2, 0.25) is 5.02 Å². The van der Waals surface area contributed by atoms with E-state index >= 15 is 0 Å². The van der Waals surface area contributed by atoms with Crippen LogP contribution < -0.4 is 14.5 Å². The molecule has 1 amide bonds. The summed E-state index contributed by atoms with van der Waals surface area (Å²) in [5, 5.41) is 11.4. The largest absolute Gasteiger partial charge is 0.507 e. The number of Topliss-reactive ketones (excluding diaryl/α,β-unsaturated/α-hetero) is 1. The summed E-state index contributed by atoms with van der Waals surface area (Å²) in [5.74, 6) is -4.12. The highest BCUT2D eigenvalue weighted by Crippen LogP contribution is 2.44. The molecule has 37 heavy (non-hydrogen) atoms. The Labute approximate surface area is 218 Å². The number of aliphatic hydroxyl groups excluding tert-OH is 1. The number of hydrogen-bond acceptors (Lipinski definition) is 5. The van der Waals surface area contributed by atoms with Crippen molar-refractivity contribution >= 4 is 40.4 Å². The molecule has 0 saturated carbocycles. The first-order chi connectivity index (χ1) is 17.7. The Morgan fingerprint density at radius 2 is 1.70 bits per heavy atom. The number of amides is 1. The number of nitrogens with zero attached hydrogens (tertiary/aromatic N) is 2. The molecule has 0 bridgehead atoms. The number of anilines is 2. The van der Waals surface area contributed by atoms with Gasteiger partial charge in [0.1, 0.15) is 23.1 Å². The topological polar surface area (TPSA) is 70.1 Å². The predicted octanol–water partition coefficient (Wildman–Crippen LogP) is 6.10. The highest BCUT2D eigenvalue weighted by molar-refractivity contribution is 6.52. The van der Waals surface area contributed by atoms with Crippen molar-refractivity contribution in [3.05, 3.63) is 94.0 Å². The average molecular weight is 527 g/mol. The molecule has 1 saturated heterocycles. The Hall–Kier alpha value is -3.91. The molecule has 1 N–H and O–H groups in total. The van der Waals surface area contributed by atoms with Crippen molar-refractivity contribution in [2.75, 3.05) is 30.0 Å². The standard InChI is InChI=1S/C28H25ClF2N2O4/c1-4-32(5-2)18-9-6-16(7-10-18)25-24(26(34)20-15-19(37-3)11-12-21(20)29)27(35)28(36)33(25)23-13-8-17(30)14-22(23)31/h6-15,25,34H,4-5H2,1-3H3/b26-24+. The molecular formula is C28H25ClF2N2O4. The van der Waals surface area contributed by atoms with E-state index in [1.54, 1.807) is 18.2 Å². The molecule has 0 aromatic heterocycles. The van der Waals surface area contributed by atoms with Gasteiger partial charge in [-0.05, 0) is 61.9 Å². The molecule has 1 aliphatic heterocycles. The zero-order chi connectivity index (χ0) is 26.9. The van der Waals surface area contributed by atoms with Gasteiger partial charge in [0.2, 0.25) is 0 Å². The van der Waals surface area contributed by atoms with E-state index in [2.05, 4.69) is 4.90 Å². The van der Waals surface area contributed by atoms with Crippen molar-refractivity contribution in [2.24, 2.45) is 0 Å². The molecule has 9 heteroatoms. The van der Waals surface area contributed by atoms with Crippen LogP contribution in [0, 0.1) is 11.6 Å². The first-order valence-electron chi connectivity index (χ1n) is 11.7. The summed E-state index contributed by atoms with van der Waals surface area (Å²) in [6, 6.07) is 13.1. The summed E-state index contributed by atoms with van der Waals surface area (Å²) >= 11 is 6.32. The molecule has 1 unspecified atom stereocenters.